The number of carboxylic acids is 1. The highest BCUT2D eigenvalue weighted by Crippen LogP contribution is 2.25. The van der Waals surface area contributed by atoms with E-state index in [0.717, 1.165) is 17.7 Å². The van der Waals surface area contributed by atoms with Crippen molar-refractivity contribution in [1.82, 2.24) is 4.90 Å². The van der Waals surface area contributed by atoms with Crippen molar-refractivity contribution in [3.8, 4) is 11.1 Å². The van der Waals surface area contributed by atoms with Gasteiger partial charge in [0.05, 0.1) is 6.42 Å². The van der Waals surface area contributed by atoms with Gasteiger partial charge in [-0.3, -0.25) is 4.79 Å². The molecule has 2 aromatic carbocycles. The summed E-state index contributed by atoms with van der Waals surface area (Å²) in [6.45, 7) is 2.86. The van der Waals surface area contributed by atoms with Crippen molar-refractivity contribution >= 4 is 5.97 Å². The first-order valence-corrected chi connectivity index (χ1v) is 7.51. The molecule has 0 saturated heterocycles. The van der Waals surface area contributed by atoms with Crippen LogP contribution in [0.4, 0.5) is 0 Å². The first-order chi connectivity index (χ1) is 10.5. The Morgan fingerprint density at radius 2 is 1.77 bits per heavy atom. The second kappa shape index (κ2) is 7.23. The molecule has 0 aliphatic carbocycles. The van der Waals surface area contributed by atoms with Gasteiger partial charge in [0.15, 0.2) is 0 Å². The van der Waals surface area contributed by atoms with Gasteiger partial charge in [0.1, 0.15) is 0 Å². The number of rotatable bonds is 6. The lowest BCUT2D eigenvalue weighted by Crippen LogP contribution is -2.10. The number of hydrogen-bond donors (Lipinski definition) is 1. The molecule has 0 aliphatic rings. The average molecular weight is 297 g/mol. The van der Waals surface area contributed by atoms with E-state index in [0.29, 0.717) is 0 Å². The molecule has 2 aromatic rings. The molecular weight excluding hydrogens is 274 g/mol. The molecule has 1 atom stereocenters. The van der Waals surface area contributed by atoms with E-state index in [1.165, 1.54) is 11.1 Å². The maximum Gasteiger partial charge on any atom is 0.303 e. The van der Waals surface area contributed by atoms with Crippen molar-refractivity contribution < 1.29 is 9.90 Å². The molecule has 116 valence electrons. The van der Waals surface area contributed by atoms with E-state index in [9.17, 15) is 4.79 Å². The van der Waals surface area contributed by atoms with Gasteiger partial charge in [0.25, 0.3) is 0 Å². The number of hydrogen-bond acceptors (Lipinski definition) is 2. The summed E-state index contributed by atoms with van der Waals surface area (Å²) in [6, 6.07) is 16.7. The minimum Gasteiger partial charge on any atom is -0.481 e. The van der Waals surface area contributed by atoms with Crippen LogP contribution in [-0.4, -0.2) is 30.1 Å². The first-order valence-electron chi connectivity index (χ1n) is 7.51. The van der Waals surface area contributed by atoms with Crippen LogP contribution in [0.25, 0.3) is 11.1 Å². The second-order valence-electron chi connectivity index (χ2n) is 6.06. The van der Waals surface area contributed by atoms with E-state index < -0.39 is 5.97 Å². The van der Waals surface area contributed by atoms with Crippen LogP contribution in [0.5, 0.6) is 0 Å². The summed E-state index contributed by atoms with van der Waals surface area (Å²) < 4.78 is 0. The number of carboxylic acid groups (broad SMARTS) is 1. The van der Waals surface area contributed by atoms with Gasteiger partial charge in [-0.05, 0) is 48.3 Å². The number of benzene rings is 2. The Morgan fingerprint density at radius 3 is 2.36 bits per heavy atom. The Morgan fingerprint density at radius 1 is 1.09 bits per heavy atom. The highest BCUT2D eigenvalue weighted by molar-refractivity contribution is 5.68. The molecule has 0 bridgehead atoms. The molecule has 0 fully saturated rings. The summed E-state index contributed by atoms with van der Waals surface area (Å²) in [6.07, 6.45) is 0.164. The number of carbonyl (C=O) groups is 1. The molecule has 3 heteroatoms. The van der Waals surface area contributed by atoms with Crippen LogP contribution in [0.15, 0.2) is 48.5 Å². The maximum atomic E-state index is 10.8. The quantitative estimate of drug-likeness (QED) is 0.876. The summed E-state index contributed by atoms with van der Waals surface area (Å²) in [5.74, 6) is -0.723. The minimum atomic E-state index is -0.757. The molecule has 0 aromatic heterocycles. The summed E-state index contributed by atoms with van der Waals surface area (Å²) in [5.41, 5.74) is 4.70. The van der Waals surface area contributed by atoms with Gasteiger partial charge in [-0.15, -0.1) is 0 Å². The van der Waals surface area contributed by atoms with Gasteiger partial charge in [0, 0.05) is 6.54 Å². The molecular formula is C19H23NO2. The van der Waals surface area contributed by atoms with Crippen LogP contribution >= 0.6 is 0 Å². The van der Waals surface area contributed by atoms with Gasteiger partial charge < -0.3 is 10.0 Å². The van der Waals surface area contributed by atoms with E-state index >= 15 is 0 Å². The standard InChI is InChI=1S/C19H23NO2/c1-14(11-19(21)22)16-7-9-17(10-8-16)18-6-4-5-15(12-18)13-20(2)3/h4-10,12,14H,11,13H2,1-3H3,(H,21,22). The van der Waals surface area contributed by atoms with Crippen LogP contribution in [0.1, 0.15) is 30.4 Å². The summed E-state index contributed by atoms with van der Waals surface area (Å²) in [7, 11) is 4.12. The van der Waals surface area contributed by atoms with Crippen LogP contribution < -0.4 is 0 Å². The Bertz CT molecular complexity index is 632. The van der Waals surface area contributed by atoms with E-state index in [1.807, 2.05) is 19.1 Å². The smallest absolute Gasteiger partial charge is 0.303 e. The van der Waals surface area contributed by atoms with Gasteiger partial charge in [-0.25, -0.2) is 0 Å². The van der Waals surface area contributed by atoms with Gasteiger partial charge >= 0.3 is 5.97 Å². The van der Waals surface area contributed by atoms with Gasteiger partial charge in [-0.1, -0.05) is 49.4 Å². The van der Waals surface area contributed by atoms with Crippen molar-refractivity contribution in [2.75, 3.05) is 14.1 Å². The highest BCUT2D eigenvalue weighted by Gasteiger charge is 2.10. The van der Waals surface area contributed by atoms with Gasteiger partial charge in [0.2, 0.25) is 0 Å². The van der Waals surface area contributed by atoms with Crippen molar-refractivity contribution in [3.05, 3.63) is 59.7 Å². The second-order valence-corrected chi connectivity index (χ2v) is 6.06. The average Bonchev–Trinajstić information content (AvgIpc) is 2.46. The lowest BCUT2D eigenvalue weighted by Gasteiger charge is -2.12. The lowest BCUT2D eigenvalue weighted by atomic mass is 9.95. The normalized spacial score (nSPS) is 12.4. The van der Waals surface area contributed by atoms with E-state index in [4.69, 9.17) is 5.11 Å². The zero-order chi connectivity index (χ0) is 16.1. The molecule has 0 radical (unpaired) electrons. The van der Waals surface area contributed by atoms with E-state index in [1.54, 1.807) is 0 Å². The third kappa shape index (κ3) is 4.43. The SMILES string of the molecule is CC(CC(=O)O)c1ccc(-c2cccc(CN(C)C)c2)cc1. The molecule has 1 unspecified atom stereocenters. The Labute approximate surface area is 132 Å². The summed E-state index contributed by atoms with van der Waals surface area (Å²) >= 11 is 0. The molecule has 1 N–H and O–H groups in total. The first kappa shape index (κ1) is 16.2. The highest BCUT2D eigenvalue weighted by atomic mass is 16.4. The number of aliphatic carboxylic acids is 1. The van der Waals surface area contributed by atoms with Crippen LogP contribution in [0, 0.1) is 0 Å². The molecule has 0 spiro atoms. The fraction of sp³-hybridized carbons (Fsp3) is 0.316. The number of nitrogens with zero attached hydrogens (tertiary/aromatic N) is 1. The lowest BCUT2D eigenvalue weighted by molar-refractivity contribution is -0.137. The molecule has 3 nitrogen and oxygen atoms in total. The molecule has 0 amide bonds. The maximum absolute atomic E-state index is 10.8. The van der Waals surface area contributed by atoms with Crippen LogP contribution in [-0.2, 0) is 11.3 Å². The largest absolute Gasteiger partial charge is 0.481 e. The molecule has 0 aliphatic heterocycles. The van der Waals surface area contributed by atoms with Crippen molar-refractivity contribution in [2.24, 2.45) is 0 Å². The third-order valence-electron chi connectivity index (χ3n) is 3.72. The van der Waals surface area contributed by atoms with E-state index in [-0.39, 0.29) is 12.3 Å². The van der Waals surface area contributed by atoms with Gasteiger partial charge in [-0.2, -0.15) is 0 Å². The van der Waals surface area contributed by atoms with E-state index in [2.05, 4.69) is 55.4 Å². The van der Waals surface area contributed by atoms with Crippen LogP contribution in [0.2, 0.25) is 0 Å². The van der Waals surface area contributed by atoms with Crippen molar-refractivity contribution in [2.45, 2.75) is 25.8 Å². The zero-order valence-corrected chi connectivity index (χ0v) is 13.4. The molecule has 22 heavy (non-hydrogen) atoms. The predicted octanol–water partition coefficient (Wildman–Crippen LogP) is 3.99. The predicted molar refractivity (Wildman–Crippen MR) is 89.9 cm³/mol. The minimum absolute atomic E-state index is 0.0339. The monoisotopic (exact) mass is 297 g/mol. The fourth-order valence-corrected chi connectivity index (χ4v) is 2.60. The van der Waals surface area contributed by atoms with Crippen LogP contribution in [0.3, 0.4) is 0 Å². The Balaban J connectivity index is 2.18. The summed E-state index contributed by atoms with van der Waals surface area (Å²) in [5, 5.41) is 8.88. The molecule has 2 rings (SSSR count). The Kier molecular flexibility index (Phi) is 5.34. The zero-order valence-electron chi connectivity index (χ0n) is 13.4. The topological polar surface area (TPSA) is 40.5 Å². The summed E-state index contributed by atoms with van der Waals surface area (Å²) in [4.78, 5) is 12.9. The van der Waals surface area contributed by atoms with Crippen molar-refractivity contribution in [3.63, 3.8) is 0 Å². The molecule has 0 heterocycles. The fourth-order valence-electron chi connectivity index (χ4n) is 2.60. The Hall–Kier alpha value is -2.13. The third-order valence-corrected chi connectivity index (χ3v) is 3.72. The van der Waals surface area contributed by atoms with Crippen molar-refractivity contribution in [1.29, 1.82) is 0 Å². The molecule has 0 saturated carbocycles.